The third kappa shape index (κ3) is 2.61. The molecule has 2 rings (SSSR count). The molecular formula is C12H19NO2. The Morgan fingerprint density at radius 2 is 2.40 bits per heavy atom. The Bertz CT molecular complexity index is 306. The van der Waals surface area contributed by atoms with Crippen molar-refractivity contribution in [2.75, 3.05) is 20.3 Å². The van der Waals surface area contributed by atoms with E-state index >= 15 is 0 Å². The molecule has 84 valence electrons. The van der Waals surface area contributed by atoms with Gasteiger partial charge in [-0.25, -0.2) is 0 Å². The maximum Gasteiger partial charge on any atom is 0.107 e. The standard InChI is InChI=1S/C12H19NO2/c1-9-3-4-12(15-9)10-5-6-13-11(7-10)8-14-2/h3-4,10-11,13H,5-8H2,1-2H3. The van der Waals surface area contributed by atoms with Crippen molar-refractivity contribution in [1.29, 1.82) is 0 Å². The fourth-order valence-electron chi connectivity index (χ4n) is 2.27. The van der Waals surface area contributed by atoms with Crippen molar-refractivity contribution in [3.05, 3.63) is 23.7 Å². The van der Waals surface area contributed by atoms with Gasteiger partial charge in [-0.15, -0.1) is 0 Å². The number of piperidine rings is 1. The van der Waals surface area contributed by atoms with Gasteiger partial charge in [0.1, 0.15) is 11.5 Å². The second-order valence-electron chi connectivity index (χ2n) is 4.28. The third-order valence-corrected chi connectivity index (χ3v) is 3.03. The number of furan rings is 1. The van der Waals surface area contributed by atoms with E-state index in [0.29, 0.717) is 12.0 Å². The molecule has 2 atom stereocenters. The van der Waals surface area contributed by atoms with Gasteiger partial charge in [0.2, 0.25) is 0 Å². The van der Waals surface area contributed by atoms with Crippen LogP contribution in [0, 0.1) is 6.92 Å². The molecule has 0 spiro atoms. The Kier molecular flexibility index (Phi) is 3.44. The Labute approximate surface area is 90.8 Å². The predicted octanol–water partition coefficient (Wildman–Crippen LogP) is 2.07. The SMILES string of the molecule is COCC1CC(c2ccc(C)o2)CCN1. The van der Waals surface area contributed by atoms with Gasteiger partial charge in [0, 0.05) is 19.1 Å². The van der Waals surface area contributed by atoms with Gasteiger partial charge in [0.25, 0.3) is 0 Å². The van der Waals surface area contributed by atoms with Gasteiger partial charge < -0.3 is 14.5 Å². The van der Waals surface area contributed by atoms with Crippen LogP contribution in [-0.2, 0) is 4.74 Å². The minimum Gasteiger partial charge on any atom is -0.466 e. The number of hydrogen-bond donors (Lipinski definition) is 1. The van der Waals surface area contributed by atoms with Crippen LogP contribution in [0.3, 0.4) is 0 Å². The zero-order valence-corrected chi connectivity index (χ0v) is 9.45. The molecule has 0 aliphatic carbocycles. The summed E-state index contributed by atoms with van der Waals surface area (Å²) in [6, 6.07) is 4.62. The monoisotopic (exact) mass is 209 g/mol. The summed E-state index contributed by atoms with van der Waals surface area (Å²) in [5.74, 6) is 2.70. The highest BCUT2D eigenvalue weighted by molar-refractivity contribution is 5.11. The van der Waals surface area contributed by atoms with Gasteiger partial charge in [0.05, 0.1) is 6.61 Å². The first-order valence-electron chi connectivity index (χ1n) is 5.58. The van der Waals surface area contributed by atoms with Crippen molar-refractivity contribution in [1.82, 2.24) is 5.32 Å². The summed E-state index contributed by atoms with van der Waals surface area (Å²) in [6.45, 7) is 3.84. The highest BCUT2D eigenvalue weighted by atomic mass is 16.5. The molecule has 0 bridgehead atoms. The Balaban J connectivity index is 1.98. The summed E-state index contributed by atoms with van der Waals surface area (Å²) in [5, 5.41) is 3.46. The fourth-order valence-corrected chi connectivity index (χ4v) is 2.27. The fraction of sp³-hybridized carbons (Fsp3) is 0.667. The first-order valence-corrected chi connectivity index (χ1v) is 5.58. The van der Waals surface area contributed by atoms with E-state index in [9.17, 15) is 0 Å². The van der Waals surface area contributed by atoms with E-state index in [2.05, 4.69) is 11.4 Å². The van der Waals surface area contributed by atoms with Crippen molar-refractivity contribution in [3.63, 3.8) is 0 Å². The Hall–Kier alpha value is -0.800. The average Bonchev–Trinajstić information content (AvgIpc) is 2.66. The maximum atomic E-state index is 5.68. The first-order chi connectivity index (χ1) is 7.29. The molecule has 1 N–H and O–H groups in total. The first kappa shape index (κ1) is 10.7. The summed E-state index contributed by atoms with van der Waals surface area (Å²) in [6.07, 6.45) is 2.27. The van der Waals surface area contributed by atoms with Gasteiger partial charge in [-0.3, -0.25) is 0 Å². The lowest BCUT2D eigenvalue weighted by Gasteiger charge is -2.28. The molecule has 1 fully saturated rings. The van der Waals surface area contributed by atoms with Crippen molar-refractivity contribution < 1.29 is 9.15 Å². The molecule has 2 heterocycles. The van der Waals surface area contributed by atoms with E-state index in [1.165, 1.54) is 0 Å². The number of hydrogen-bond acceptors (Lipinski definition) is 3. The van der Waals surface area contributed by atoms with E-state index in [-0.39, 0.29) is 0 Å². The van der Waals surface area contributed by atoms with Gasteiger partial charge in [-0.2, -0.15) is 0 Å². The molecule has 1 aliphatic rings. The maximum absolute atomic E-state index is 5.68. The predicted molar refractivity (Wildman–Crippen MR) is 59.1 cm³/mol. The molecule has 1 aromatic heterocycles. The molecule has 0 saturated carbocycles. The van der Waals surface area contributed by atoms with Crippen LogP contribution in [0.25, 0.3) is 0 Å². The third-order valence-electron chi connectivity index (χ3n) is 3.03. The van der Waals surface area contributed by atoms with Crippen LogP contribution >= 0.6 is 0 Å². The summed E-state index contributed by atoms with van der Waals surface area (Å²) in [7, 11) is 1.75. The van der Waals surface area contributed by atoms with Crippen LogP contribution in [0.2, 0.25) is 0 Å². The molecule has 1 saturated heterocycles. The van der Waals surface area contributed by atoms with Crippen molar-refractivity contribution in [2.24, 2.45) is 0 Å². The molecule has 0 aromatic carbocycles. The Morgan fingerprint density at radius 3 is 3.07 bits per heavy atom. The normalized spacial score (nSPS) is 26.8. The molecule has 1 aromatic rings. The molecule has 15 heavy (non-hydrogen) atoms. The number of ether oxygens (including phenoxy) is 1. The van der Waals surface area contributed by atoms with Crippen LogP contribution in [0.15, 0.2) is 16.5 Å². The highest BCUT2D eigenvalue weighted by Crippen LogP contribution is 2.28. The van der Waals surface area contributed by atoms with Gasteiger partial charge in [-0.1, -0.05) is 0 Å². The van der Waals surface area contributed by atoms with Crippen LogP contribution in [-0.4, -0.2) is 26.3 Å². The summed E-state index contributed by atoms with van der Waals surface area (Å²) >= 11 is 0. The average molecular weight is 209 g/mol. The molecule has 2 unspecified atom stereocenters. The largest absolute Gasteiger partial charge is 0.466 e. The van der Waals surface area contributed by atoms with Crippen LogP contribution < -0.4 is 5.32 Å². The van der Waals surface area contributed by atoms with Gasteiger partial charge in [0.15, 0.2) is 0 Å². The summed E-state index contributed by atoms with van der Waals surface area (Å²) in [5.41, 5.74) is 0. The van der Waals surface area contributed by atoms with Crippen molar-refractivity contribution in [2.45, 2.75) is 31.7 Å². The molecule has 0 radical (unpaired) electrons. The summed E-state index contributed by atoms with van der Waals surface area (Å²) < 4.78 is 10.9. The second kappa shape index (κ2) is 4.81. The number of nitrogens with one attached hydrogen (secondary N) is 1. The zero-order chi connectivity index (χ0) is 10.7. The lowest BCUT2D eigenvalue weighted by atomic mass is 9.91. The van der Waals surface area contributed by atoms with E-state index in [1.54, 1.807) is 7.11 Å². The number of methoxy groups -OCH3 is 1. The summed E-state index contributed by atoms with van der Waals surface area (Å²) in [4.78, 5) is 0. The quantitative estimate of drug-likeness (QED) is 0.827. The van der Waals surface area contributed by atoms with Crippen LogP contribution in [0.5, 0.6) is 0 Å². The molecule has 3 heteroatoms. The lowest BCUT2D eigenvalue weighted by Crippen LogP contribution is -2.40. The van der Waals surface area contributed by atoms with E-state index in [4.69, 9.17) is 9.15 Å². The van der Waals surface area contributed by atoms with Gasteiger partial charge >= 0.3 is 0 Å². The Morgan fingerprint density at radius 1 is 1.53 bits per heavy atom. The number of rotatable bonds is 3. The van der Waals surface area contributed by atoms with Crippen LogP contribution in [0.1, 0.15) is 30.3 Å². The van der Waals surface area contributed by atoms with Crippen molar-refractivity contribution >= 4 is 0 Å². The minimum absolute atomic E-state index is 0.471. The highest BCUT2D eigenvalue weighted by Gasteiger charge is 2.24. The van der Waals surface area contributed by atoms with Crippen LogP contribution in [0.4, 0.5) is 0 Å². The molecule has 0 amide bonds. The smallest absolute Gasteiger partial charge is 0.107 e. The van der Waals surface area contributed by atoms with E-state index in [1.807, 2.05) is 13.0 Å². The van der Waals surface area contributed by atoms with Gasteiger partial charge in [-0.05, 0) is 38.4 Å². The number of aryl methyl sites for hydroxylation is 1. The molecule has 3 nitrogen and oxygen atoms in total. The van der Waals surface area contributed by atoms with Crippen molar-refractivity contribution in [3.8, 4) is 0 Å². The van der Waals surface area contributed by atoms with E-state index in [0.717, 1.165) is 37.5 Å². The van der Waals surface area contributed by atoms with E-state index < -0.39 is 0 Å². The topological polar surface area (TPSA) is 34.4 Å². The lowest BCUT2D eigenvalue weighted by molar-refractivity contribution is 0.146. The zero-order valence-electron chi connectivity index (χ0n) is 9.45. The molecule has 1 aliphatic heterocycles. The minimum atomic E-state index is 0.471. The second-order valence-corrected chi connectivity index (χ2v) is 4.28. The molecular weight excluding hydrogens is 190 g/mol.